The summed E-state index contributed by atoms with van der Waals surface area (Å²) in [4.78, 5) is 22.1. The van der Waals surface area contributed by atoms with E-state index in [4.69, 9.17) is 20.3 Å². The minimum atomic E-state index is -1.36. The maximum atomic E-state index is 11.5. The van der Waals surface area contributed by atoms with Gasteiger partial charge in [-0.05, 0) is 24.1 Å². The lowest BCUT2D eigenvalue weighted by molar-refractivity contribution is -0.127. The molecule has 7 heteroatoms. The van der Waals surface area contributed by atoms with Gasteiger partial charge in [-0.1, -0.05) is 6.07 Å². The molecule has 1 aliphatic heterocycles. The van der Waals surface area contributed by atoms with Crippen LogP contribution in [-0.4, -0.2) is 36.4 Å². The third kappa shape index (κ3) is 3.61. The number of aryl methyl sites for hydroxylation is 1. The first-order valence-corrected chi connectivity index (χ1v) is 6.19. The van der Waals surface area contributed by atoms with Gasteiger partial charge < -0.3 is 25.6 Å². The molecular weight excluding hydrogens is 264 g/mol. The van der Waals surface area contributed by atoms with Crippen LogP contribution in [0, 0.1) is 0 Å². The van der Waals surface area contributed by atoms with Crippen LogP contribution in [0.1, 0.15) is 12.0 Å². The third-order valence-electron chi connectivity index (χ3n) is 2.90. The highest BCUT2D eigenvalue weighted by atomic mass is 16.7. The first kappa shape index (κ1) is 14.1. The van der Waals surface area contributed by atoms with Crippen molar-refractivity contribution >= 4 is 11.8 Å². The highest BCUT2D eigenvalue weighted by Crippen LogP contribution is 2.32. The molecule has 108 valence electrons. The Hall–Kier alpha value is -2.28. The highest BCUT2D eigenvalue weighted by molar-refractivity contribution is 5.81. The summed E-state index contributed by atoms with van der Waals surface area (Å²) in [5.41, 5.74) is 5.82. The van der Waals surface area contributed by atoms with Gasteiger partial charge in [0.05, 0.1) is 6.54 Å². The predicted molar refractivity (Wildman–Crippen MR) is 69.1 cm³/mol. The number of benzene rings is 1. The molecule has 0 radical (unpaired) electrons. The monoisotopic (exact) mass is 280 g/mol. The Morgan fingerprint density at radius 2 is 2.10 bits per heavy atom. The third-order valence-corrected chi connectivity index (χ3v) is 2.90. The van der Waals surface area contributed by atoms with Gasteiger partial charge in [-0.3, -0.25) is 9.59 Å². The lowest BCUT2D eigenvalue weighted by Gasteiger charge is -2.08. The van der Waals surface area contributed by atoms with Gasteiger partial charge in [0, 0.05) is 6.42 Å². The molecule has 7 nitrogen and oxygen atoms in total. The zero-order valence-corrected chi connectivity index (χ0v) is 10.8. The van der Waals surface area contributed by atoms with Crippen molar-refractivity contribution in [2.24, 2.45) is 5.73 Å². The van der Waals surface area contributed by atoms with Crippen molar-refractivity contribution < 1.29 is 24.2 Å². The number of amides is 2. The number of ether oxygens (including phenoxy) is 2. The second-order valence-electron chi connectivity index (χ2n) is 4.41. The molecule has 1 aromatic carbocycles. The Kier molecular flexibility index (Phi) is 4.41. The van der Waals surface area contributed by atoms with Gasteiger partial charge in [0.2, 0.25) is 18.6 Å². The maximum absolute atomic E-state index is 11.5. The van der Waals surface area contributed by atoms with E-state index in [1.165, 1.54) is 0 Å². The second-order valence-corrected chi connectivity index (χ2v) is 4.41. The average Bonchev–Trinajstić information content (AvgIpc) is 2.89. The second kappa shape index (κ2) is 6.25. The molecule has 20 heavy (non-hydrogen) atoms. The van der Waals surface area contributed by atoms with Crippen LogP contribution < -0.4 is 20.5 Å². The zero-order valence-electron chi connectivity index (χ0n) is 10.8. The molecule has 0 aromatic heterocycles. The molecule has 0 saturated carbocycles. The van der Waals surface area contributed by atoms with Crippen LogP contribution >= 0.6 is 0 Å². The van der Waals surface area contributed by atoms with Crippen LogP contribution in [0.5, 0.6) is 11.5 Å². The van der Waals surface area contributed by atoms with E-state index in [-0.39, 0.29) is 25.7 Å². The molecule has 0 fully saturated rings. The Morgan fingerprint density at radius 3 is 2.85 bits per heavy atom. The van der Waals surface area contributed by atoms with Crippen LogP contribution in [0.2, 0.25) is 0 Å². The minimum Gasteiger partial charge on any atom is -0.454 e. The van der Waals surface area contributed by atoms with Gasteiger partial charge >= 0.3 is 0 Å². The lowest BCUT2D eigenvalue weighted by atomic mass is 10.1. The molecule has 0 spiro atoms. The summed E-state index contributed by atoms with van der Waals surface area (Å²) >= 11 is 0. The number of nitrogens with one attached hydrogen (secondary N) is 1. The van der Waals surface area contributed by atoms with Gasteiger partial charge in [0.15, 0.2) is 11.5 Å². The molecule has 1 aromatic rings. The quantitative estimate of drug-likeness (QED) is 0.638. The number of hydrogen-bond acceptors (Lipinski definition) is 5. The molecule has 0 bridgehead atoms. The van der Waals surface area contributed by atoms with E-state index in [1.807, 2.05) is 12.1 Å². The molecular formula is C13H16N2O5. The van der Waals surface area contributed by atoms with Crippen LogP contribution in [0.3, 0.4) is 0 Å². The summed E-state index contributed by atoms with van der Waals surface area (Å²) in [7, 11) is 0. The number of rotatable bonds is 6. The van der Waals surface area contributed by atoms with Gasteiger partial charge in [-0.15, -0.1) is 0 Å². The molecule has 1 atom stereocenters. The topological polar surface area (TPSA) is 111 Å². The first-order valence-electron chi connectivity index (χ1n) is 6.19. The standard InChI is InChI=1S/C13H16N2O5/c14-13(18)9(16)6-15-12(17)4-2-8-1-3-10-11(5-8)20-7-19-10/h1,3,5,9,16H,2,4,6-7H2,(H2,14,18)(H,15,17). The highest BCUT2D eigenvalue weighted by Gasteiger charge is 2.14. The SMILES string of the molecule is NC(=O)C(O)CNC(=O)CCc1ccc2c(c1)OCO2. The predicted octanol–water partition coefficient (Wildman–Crippen LogP) is -0.690. The summed E-state index contributed by atoms with van der Waals surface area (Å²) in [6.07, 6.45) is -0.593. The molecule has 1 unspecified atom stereocenters. The van der Waals surface area contributed by atoms with E-state index in [1.54, 1.807) is 6.07 Å². The van der Waals surface area contributed by atoms with Crippen LogP contribution in [0.4, 0.5) is 0 Å². The van der Waals surface area contributed by atoms with Gasteiger partial charge in [0.25, 0.3) is 0 Å². The zero-order chi connectivity index (χ0) is 14.5. The Balaban J connectivity index is 1.77. The normalized spacial score (nSPS) is 13.8. The Bertz CT molecular complexity index is 517. The number of hydrogen-bond donors (Lipinski definition) is 3. The van der Waals surface area contributed by atoms with Crippen LogP contribution in [-0.2, 0) is 16.0 Å². The van der Waals surface area contributed by atoms with Crippen molar-refractivity contribution in [2.45, 2.75) is 18.9 Å². The van der Waals surface area contributed by atoms with Crippen LogP contribution in [0.25, 0.3) is 0 Å². The summed E-state index contributed by atoms with van der Waals surface area (Å²) in [5.74, 6) is 0.249. The Labute approximate surface area is 115 Å². The molecule has 4 N–H and O–H groups in total. The summed E-state index contributed by atoms with van der Waals surface area (Å²) in [6, 6.07) is 5.49. The van der Waals surface area contributed by atoms with Crippen molar-refractivity contribution in [2.75, 3.05) is 13.3 Å². The molecule has 1 heterocycles. The summed E-state index contributed by atoms with van der Waals surface area (Å²) in [6.45, 7) is 0.0413. The average molecular weight is 280 g/mol. The van der Waals surface area contributed by atoms with E-state index in [9.17, 15) is 9.59 Å². The van der Waals surface area contributed by atoms with Crippen molar-refractivity contribution in [3.05, 3.63) is 23.8 Å². The van der Waals surface area contributed by atoms with E-state index < -0.39 is 12.0 Å². The molecule has 1 aliphatic rings. The molecule has 0 saturated heterocycles. The number of nitrogens with two attached hydrogens (primary N) is 1. The minimum absolute atomic E-state index is 0.171. The molecule has 0 aliphatic carbocycles. The summed E-state index contributed by atoms with van der Waals surface area (Å²) < 4.78 is 10.4. The van der Waals surface area contributed by atoms with E-state index in [0.29, 0.717) is 17.9 Å². The first-order chi connectivity index (χ1) is 9.56. The number of aliphatic hydroxyl groups is 1. The van der Waals surface area contributed by atoms with Gasteiger partial charge in [0.1, 0.15) is 6.10 Å². The largest absolute Gasteiger partial charge is 0.454 e. The number of carbonyl (C=O) groups is 2. The Morgan fingerprint density at radius 1 is 1.35 bits per heavy atom. The smallest absolute Gasteiger partial charge is 0.248 e. The van der Waals surface area contributed by atoms with Crippen molar-refractivity contribution in [1.29, 1.82) is 0 Å². The maximum Gasteiger partial charge on any atom is 0.248 e. The van der Waals surface area contributed by atoms with E-state index in [2.05, 4.69) is 5.32 Å². The van der Waals surface area contributed by atoms with Crippen molar-refractivity contribution in [1.82, 2.24) is 5.32 Å². The fourth-order valence-corrected chi connectivity index (χ4v) is 1.75. The number of primary amides is 1. The van der Waals surface area contributed by atoms with E-state index in [0.717, 1.165) is 5.56 Å². The van der Waals surface area contributed by atoms with Gasteiger partial charge in [-0.2, -0.15) is 0 Å². The summed E-state index contributed by atoms with van der Waals surface area (Å²) in [5, 5.41) is 11.6. The fourth-order valence-electron chi connectivity index (χ4n) is 1.75. The van der Waals surface area contributed by atoms with Crippen molar-refractivity contribution in [3.63, 3.8) is 0 Å². The van der Waals surface area contributed by atoms with E-state index >= 15 is 0 Å². The van der Waals surface area contributed by atoms with Gasteiger partial charge in [-0.25, -0.2) is 0 Å². The number of aliphatic hydroxyl groups excluding tert-OH is 1. The number of carbonyl (C=O) groups excluding carboxylic acids is 2. The number of fused-ring (bicyclic) bond motifs is 1. The molecule has 2 amide bonds. The lowest BCUT2D eigenvalue weighted by Crippen LogP contribution is -2.40. The van der Waals surface area contributed by atoms with Crippen molar-refractivity contribution in [3.8, 4) is 11.5 Å². The molecule has 2 rings (SSSR count). The fraction of sp³-hybridized carbons (Fsp3) is 0.385. The van der Waals surface area contributed by atoms with Crippen LogP contribution in [0.15, 0.2) is 18.2 Å².